The fraction of sp³-hybridized carbons (Fsp3) is 0.263. The molecule has 3 rings (SSSR count). The van der Waals surface area contributed by atoms with Crippen LogP contribution >= 0.6 is 11.8 Å². The van der Waals surface area contributed by atoms with Gasteiger partial charge in [0.05, 0.1) is 27.9 Å². The summed E-state index contributed by atoms with van der Waals surface area (Å²) in [5.74, 6) is -0.311. The molecule has 2 amide bonds. The number of halogens is 3. The zero-order chi connectivity index (χ0) is 22.6. The second kappa shape index (κ2) is 9.25. The Labute approximate surface area is 179 Å². The number of amides is 2. The van der Waals surface area contributed by atoms with Gasteiger partial charge in [-0.3, -0.25) is 9.59 Å². The zero-order valence-corrected chi connectivity index (χ0v) is 17.3. The fourth-order valence-electron chi connectivity index (χ4n) is 2.54. The number of anilines is 2. The van der Waals surface area contributed by atoms with Gasteiger partial charge in [-0.25, -0.2) is 4.68 Å². The lowest BCUT2D eigenvalue weighted by Gasteiger charge is -2.15. The van der Waals surface area contributed by atoms with Gasteiger partial charge in [0.15, 0.2) is 5.82 Å². The molecule has 0 saturated heterocycles. The third kappa shape index (κ3) is 5.87. The predicted octanol–water partition coefficient (Wildman–Crippen LogP) is 3.89. The Balaban J connectivity index is 1.65. The smallest absolute Gasteiger partial charge is 0.360 e. The first-order chi connectivity index (χ1) is 14.6. The number of hydrogen-bond acceptors (Lipinski definition) is 6. The second-order valence-electron chi connectivity index (χ2n) is 6.49. The minimum Gasteiger partial charge on any atom is -0.360 e. The molecule has 1 unspecified atom stereocenters. The maximum atomic E-state index is 13.1. The molecular weight excluding hydrogens is 435 g/mol. The van der Waals surface area contributed by atoms with E-state index in [2.05, 4.69) is 20.9 Å². The Morgan fingerprint density at radius 2 is 2.03 bits per heavy atom. The minimum atomic E-state index is -4.57. The maximum absolute atomic E-state index is 13.1. The van der Waals surface area contributed by atoms with Crippen LogP contribution in [0.2, 0.25) is 0 Å². The van der Waals surface area contributed by atoms with Crippen molar-refractivity contribution in [1.29, 1.82) is 0 Å². The Morgan fingerprint density at radius 1 is 1.26 bits per heavy atom. The molecule has 8 nitrogen and oxygen atoms in total. The topological polar surface area (TPSA) is 102 Å². The van der Waals surface area contributed by atoms with Crippen LogP contribution in [0.3, 0.4) is 0 Å². The molecule has 1 aromatic carbocycles. The lowest BCUT2D eigenvalue weighted by atomic mass is 10.1. The van der Waals surface area contributed by atoms with Crippen LogP contribution in [0, 0.1) is 6.92 Å². The number of nitrogens with one attached hydrogen (secondary N) is 2. The van der Waals surface area contributed by atoms with Crippen molar-refractivity contribution < 1.29 is 27.3 Å². The molecule has 0 aliphatic rings. The number of nitrogens with zero attached hydrogens (tertiary/aromatic N) is 3. The third-order valence-corrected chi connectivity index (χ3v) is 5.21. The Morgan fingerprint density at radius 3 is 2.65 bits per heavy atom. The number of alkyl halides is 3. The average molecular weight is 453 g/mol. The number of benzene rings is 1. The van der Waals surface area contributed by atoms with Gasteiger partial charge < -0.3 is 15.2 Å². The molecule has 0 bridgehead atoms. The van der Waals surface area contributed by atoms with E-state index in [1.54, 1.807) is 32.2 Å². The summed E-state index contributed by atoms with van der Waals surface area (Å²) in [5, 5.41) is 12.1. The highest BCUT2D eigenvalue weighted by atomic mass is 32.2. The Hall–Kier alpha value is -3.28. The first kappa shape index (κ1) is 22.4. The van der Waals surface area contributed by atoms with Gasteiger partial charge in [0.1, 0.15) is 5.76 Å². The number of thioether (sulfide) groups is 1. The molecular formula is C19H18F3N5O3S. The second-order valence-corrected chi connectivity index (χ2v) is 7.82. The van der Waals surface area contributed by atoms with Crippen LogP contribution in [0.4, 0.5) is 24.7 Å². The third-order valence-electron chi connectivity index (χ3n) is 4.06. The van der Waals surface area contributed by atoms with E-state index >= 15 is 0 Å². The van der Waals surface area contributed by atoms with E-state index < -0.39 is 22.9 Å². The normalized spacial score (nSPS) is 12.4. The summed E-state index contributed by atoms with van der Waals surface area (Å²) < 4.78 is 45.5. The van der Waals surface area contributed by atoms with Gasteiger partial charge in [0.2, 0.25) is 11.8 Å². The van der Waals surface area contributed by atoms with E-state index in [1.807, 2.05) is 0 Å². The first-order valence-electron chi connectivity index (χ1n) is 9.00. The first-order valence-corrected chi connectivity index (χ1v) is 10.1. The van der Waals surface area contributed by atoms with E-state index in [0.717, 1.165) is 23.9 Å². The molecule has 0 fully saturated rings. The van der Waals surface area contributed by atoms with Crippen molar-refractivity contribution in [3.05, 3.63) is 54.0 Å². The molecule has 0 saturated carbocycles. The summed E-state index contributed by atoms with van der Waals surface area (Å²) in [6.07, 6.45) is -1.55. The summed E-state index contributed by atoms with van der Waals surface area (Å²) >= 11 is 1.02. The summed E-state index contributed by atoms with van der Waals surface area (Å²) in [7, 11) is 0. The van der Waals surface area contributed by atoms with Crippen molar-refractivity contribution in [2.45, 2.75) is 25.3 Å². The van der Waals surface area contributed by atoms with E-state index in [4.69, 9.17) is 4.52 Å². The molecule has 31 heavy (non-hydrogen) atoms. The summed E-state index contributed by atoms with van der Waals surface area (Å²) in [4.78, 5) is 24.6. The average Bonchev–Trinajstić information content (AvgIpc) is 3.37. The van der Waals surface area contributed by atoms with Gasteiger partial charge in [-0.2, -0.15) is 18.3 Å². The summed E-state index contributed by atoms with van der Waals surface area (Å²) in [5.41, 5.74) is -0.662. The monoisotopic (exact) mass is 453 g/mol. The van der Waals surface area contributed by atoms with Crippen LogP contribution in [0.25, 0.3) is 5.69 Å². The largest absolute Gasteiger partial charge is 0.416 e. The van der Waals surface area contributed by atoms with Crippen molar-refractivity contribution >= 4 is 35.1 Å². The van der Waals surface area contributed by atoms with E-state index in [0.29, 0.717) is 5.76 Å². The lowest BCUT2D eigenvalue weighted by Crippen LogP contribution is -2.25. The molecule has 2 aromatic heterocycles. The van der Waals surface area contributed by atoms with Gasteiger partial charge >= 0.3 is 6.18 Å². The highest BCUT2D eigenvalue weighted by Crippen LogP contribution is 2.33. The van der Waals surface area contributed by atoms with Crippen molar-refractivity contribution in [2.75, 3.05) is 16.4 Å². The predicted molar refractivity (Wildman–Crippen MR) is 109 cm³/mol. The van der Waals surface area contributed by atoms with Gasteiger partial charge in [-0.15, -0.1) is 11.8 Å². The van der Waals surface area contributed by atoms with Gasteiger partial charge in [-0.1, -0.05) is 5.16 Å². The number of aromatic nitrogens is 3. The van der Waals surface area contributed by atoms with Gasteiger partial charge in [0.25, 0.3) is 0 Å². The molecule has 164 valence electrons. The van der Waals surface area contributed by atoms with E-state index in [9.17, 15) is 22.8 Å². The zero-order valence-electron chi connectivity index (χ0n) is 16.4. The fourth-order valence-corrected chi connectivity index (χ4v) is 3.22. The van der Waals surface area contributed by atoms with Crippen LogP contribution in [0.5, 0.6) is 0 Å². The van der Waals surface area contributed by atoms with Crippen LogP contribution < -0.4 is 10.6 Å². The number of carbonyl (C=O) groups excluding carboxylic acids is 2. The number of rotatable bonds is 7. The van der Waals surface area contributed by atoms with Crippen LogP contribution in [0.1, 0.15) is 18.2 Å². The van der Waals surface area contributed by atoms with Gasteiger partial charge in [0, 0.05) is 18.5 Å². The standard InChI is InChI=1S/C19H18F3N5O3S/c1-11-8-16(26-30-11)25-18(29)12(2)31-10-17(28)24-14-9-13(19(20,21)22)4-5-15(14)27-7-3-6-23-27/h3-9,12H,10H2,1-2H3,(H,24,28)(H,25,26,29). The van der Waals surface area contributed by atoms with Crippen molar-refractivity contribution in [1.82, 2.24) is 14.9 Å². The van der Waals surface area contributed by atoms with Crippen molar-refractivity contribution in [3.63, 3.8) is 0 Å². The van der Waals surface area contributed by atoms with Crippen molar-refractivity contribution in [3.8, 4) is 5.69 Å². The van der Waals surface area contributed by atoms with Crippen LogP contribution in [-0.2, 0) is 15.8 Å². The van der Waals surface area contributed by atoms with E-state index in [-0.39, 0.29) is 28.9 Å². The number of aryl methyl sites for hydroxylation is 1. The van der Waals surface area contributed by atoms with Crippen LogP contribution in [0.15, 0.2) is 47.2 Å². The number of hydrogen-bond donors (Lipinski definition) is 2. The molecule has 0 aliphatic carbocycles. The maximum Gasteiger partial charge on any atom is 0.416 e. The SMILES string of the molecule is Cc1cc(NC(=O)C(C)SCC(=O)Nc2cc(C(F)(F)F)ccc2-n2cccn2)no1. The molecule has 2 N–H and O–H groups in total. The molecule has 0 aliphatic heterocycles. The van der Waals surface area contributed by atoms with Crippen molar-refractivity contribution in [2.24, 2.45) is 0 Å². The molecule has 1 atom stereocenters. The highest BCUT2D eigenvalue weighted by Gasteiger charge is 2.31. The molecule has 2 heterocycles. The number of carbonyl (C=O) groups is 2. The van der Waals surface area contributed by atoms with Crippen LogP contribution in [-0.4, -0.2) is 37.8 Å². The Kier molecular flexibility index (Phi) is 6.68. The minimum absolute atomic E-state index is 0.0423. The highest BCUT2D eigenvalue weighted by molar-refractivity contribution is 8.01. The lowest BCUT2D eigenvalue weighted by molar-refractivity contribution is -0.137. The quantitative estimate of drug-likeness (QED) is 0.563. The van der Waals surface area contributed by atoms with E-state index in [1.165, 1.54) is 16.9 Å². The molecule has 0 spiro atoms. The molecule has 12 heteroatoms. The Bertz CT molecular complexity index is 1070. The van der Waals surface area contributed by atoms with Gasteiger partial charge in [-0.05, 0) is 38.1 Å². The summed E-state index contributed by atoms with van der Waals surface area (Å²) in [6, 6.07) is 6.15. The molecule has 3 aromatic rings. The molecule has 0 radical (unpaired) electrons. The summed E-state index contributed by atoms with van der Waals surface area (Å²) in [6.45, 7) is 3.27.